The van der Waals surface area contributed by atoms with E-state index in [1.807, 2.05) is 0 Å². The van der Waals surface area contributed by atoms with E-state index >= 15 is 0 Å². The average molecular weight is 289 g/mol. The molecular weight excluding hydrogens is 283 g/mol. The molecule has 1 unspecified atom stereocenters. The molecule has 0 heterocycles. The van der Waals surface area contributed by atoms with Gasteiger partial charge in [-0.3, -0.25) is 9.05 Å². The smallest absolute Gasteiger partial charge is 0.409 e. The van der Waals surface area contributed by atoms with Gasteiger partial charge in [-0.05, 0) is 0 Å². The van der Waals surface area contributed by atoms with E-state index < -0.39 is 25.1 Å². The van der Waals surface area contributed by atoms with Gasteiger partial charge in [0.25, 0.3) is 0 Å². The van der Waals surface area contributed by atoms with Gasteiger partial charge in [0, 0.05) is 7.11 Å². The lowest BCUT2D eigenvalue weighted by atomic mass is 10.7. The Bertz CT molecular complexity index is 276. The predicted molar refractivity (Wildman–Crippen MR) is 47.5 cm³/mol. The number of rotatable bonds is 5. The van der Waals surface area contributed by atoms with Crippen LogP contribution in [0.5, 0.6) is 0 Å². The third-order valence-corrected chi connectivity index (χ3v) is 2.32. The molecule has 0 bridgehead atoms. The van der Waals surface area contributed by atoms with Crippen LogP contribution >= 0.6 is 31.0 Å². The van der Waals surface area contributed by atoms with Crippen LogP contribution in [-0.2, 0) is 18.1 Å². The Morgan fingerprint density at radius 3 is 2.33 bits per heavy atom. The van der Waals surface area contributed by atoms with Gasteiger partial charge in [0.2, 0.25) is 0 Å². The molecule has 0 saturated carbocycles. The summed E-state index contributed by atoms with van der Waals surface area (Å²) in [6.45, 7) is -1.77. The van der Waals surface area contributed by atoms with Gasteiger partial charge in [-0.25, -0.2) is 4.57 Å². The number of phosphoric ester groups is 1. The van der Waals surface area contributed by atoms with Crippen LogP contribution in [0.1, 0.15) is 0 Å². The first-order chi connectivity index (χ1) is 6.68. The van der Waals surface area contributed by atoms with Crippen LogP contribution in [0.25, 0.3) is 0 Å². The number of halogens is 5. The van der Waals surface area contributed by atoms with Crippen LogP contribution in [-0.4, -0.2) is 19.9 Å². The van der Waals surface area contributed by atoms with Crippen molar-refractivity contribution in [2.75, 3.05) is 13.7 Å². The monoisotopic (exact) mass is 288 g/mol. The first-order valence-corrected chi connectivity index (χ1v) is 5.47. The van der Waals surface area contributed by atoms with E-state index in [9.17, 15) is 17.7 Å². The van der Waals surface area contributed by atoms with Crippen LogP contribution in [0.3, 0.4) is 0 Å². The maximum Gasteiger partial charge on any atom is 0.529 e. The summed E-state index contributed by atoms with van der Waals surface area (Å²) in [5, 5.41) is 0. The maximum absolute atomic E-state index is 11.7. The van der Waals surface area contributed by atoms with Crippen molar-refractivity contribution in [1.29, 1.82) is 0 Å². The number of alkyl halides is 3. The van der Waals surface area contributed by atoms with Gasteiger partial charge in [-0.15, -0.1) is 0 Å². The minimum Gasteiger partial charge on any atom is -0.409 e. The molecule has 0 aliphatic rings. The predicted octanol–water partition coefficient (Wildman–Crippen LogP) is 3.61. The van der Waals surface area contributed by atoms with Crippen molar-refractivity contribution in [2.45, 2.75) is 6.18 Å². The Morgan fingerprint density at radius 2 is 2.00 bits per heavy atom. The standard InChI is InChI=1S/C5H6Cl2F3O4P/c1-12-15(11,13-2-4(6)7)14-3-5(8,9)10/h2H,3H2,1H3. The molecule has 0 N–H and O–H groups in total. The molecule has 0 aromatic rings. The Labute approximate surface area is 93.5 Å². The molecule has 0 radical (unpaired) electrons. The quantitative estimate of drug-likeness (QED) is 0.573. The van der Waals surface area contributed by atoms with Crippen molar-refractivity contribution in [3.8, 4) is 0 Å². The van der Waals surface area contributed by atoms with Gasteiger partial charge in [0.05, 0.1) is 0 Å². The van der Waals surface area contributed by atoms with E-state index in [4.69, 9.17) is 23.2 Å². The van der Waals surface area contributed by atoms with Crippen molar-refractivity contribution in [2.24, 2.45) is 0 Å². The van der Waals surface area contributed by atoms with E-state index in [0.29, 0.717) is 6.26 Å². The molecule has 0 aliphatic heterocycles. The molecule has 0 amide bonds. The van der Waals surface area contributed by atoms with Gasteiger partial charge in [-0.2, -0.15) is 13.2 Å². The molecule has 10 heteroatoms. The molecule has 0 fully saturated rings. The molecule has 4 nitrogen and oxygen atoms in total. The molecule has 90 valence electrons. The molecule has 0 aromatic heterocycles. The van der Waals surface area contributed by atoms with Gasteiger partial charge in [-0.1, -0.05) is 23.2 Å². The van der Waals surface area contributed by atoms with E-state index in [2.05, 4.69) is 13.6 Å². The van der Waals surface area contributed by atoms with Crippen LogP contribution in [0.2, 0.25) is 0 Å². The summed E-state index contributed by atoms with van der Waals surface area (Å²) in [6, 6.07) is 0. The summed E-state index contributed by atoms with van der Waals surface area (Å²) in [4.78, 5) is 0. The highest BCUT2D eigenvalue weighted by molar-refractivity contribution is 7.48. The second-order valence-electron chi connectivity index (χ2n) is 2.03. The third kappa shape index (κ3) is 7.93. The molecule has 0 aliphatic carbocycles. The molecule has 0 aromatic carbocycles. The van der Waals surface area contributed by atoms with E-state index in [1.54, 1.807) is 0 Å². The Kier molecular flexibility index (Phi) is 5.98. The van der Waals surface area contributed by atoms with Gasteiger partial charge < -0.3 is 4.52 Å². The second kappa shape index (κ2) is 5.96. The lowest BCUT2D eigenvalue weighted by Crippen LogP contribution is -2.16. The minimum absolute atomic E-state index is 0.442. The van der Waals surface area contributed by atoms with Crippen molar-refractivity contribution in [1.82, 2.24) is 0 Å². The highest BCUT2D eigenvalue weighted by atomic mass is 35.5. The summed E-state index contributed by atoms with van der Waals surface area (Å²) in [6.07, 6.45) is -4.10. The first kappa shape index (κ1) is 15.1. The molecule has 15 heavy (non-hydrogen) atoms. The molecular formula is C5H6Cl2F3O4P. The SMILES string of the molecule is COP(=O)(OC=C(Cl)Cl)OCC(F)(F)F. The lowest BCUT2D eigenvalue weighted by Gasteiger charge is -2.15. The van der Waals surface area contributed by atoms with Crippen LogP contribution in [0, 0.1) is 0 Å². The topological polar surface area (TPSA) is 44.8 Å². The van der Waals surface area contributed by atoms with Crippen molar-refractivity contribution >= 4 is 31.0 Å². The third-order valence-electron chi connectivity index (χ3n) is 0.881. The summed E-state index contributed by atoms with van der Waals surface area (Å²) in [5.74, 6) is 0. The average Bonchev–Trinajstić information content (AvgIpc) is 2.10. The fourth-order valence-electron chi connectivity index (χ4n) is 0.383. The normalized spacial score (nSPS) is 15.6. The van der Waals surface area contributed by atoms with E-state index in [-0.39, 0.29) is 0 Å². The van der Waals surface area contributed by atoms with E-state index in [1.165, 1.54) is 0 Å². The fraction of sp³-hybridized carbons (Fsp3) is 0.600. The van der Waals surface area contributed by atoms with Gasteiger partial charge in [0.15, 0.2) is 6.61 Å². The molecule has 0 saturated heterocycles. The second-order valence-corrected chi connectivity index (χ2v) is 4.77. The van der Waals surface area contributed by atoms with Crippen LogP contribution < -0.4 is 0 Å². The lowest BCUT2D eigenvalue weighted by molar-refractivity contribution is -0.157. The Balaban J connectivity index is 4.33. The largest absolute Gasteiger partial charge is 0.529 e. The van der Waals surface area contributed by atoms with Gasteiger partial charge in [0.1, 0.15) is 10.8 Å². The van der Waals surface area contributed by atoms with Gasteiger partial charge >= 0.3 is 14.0 Å². The Morgan fingerprint density at radius 1 is 1.47 bits per heavy atom. The maximum atomic E-state index is 11.7. The summed E-state index contributed by atoms with van der Waals surface area (Å²) in [5.41, 5.74) is 0. The zero-order chi connectivity index (χ0) is 12.1. The first-order valence-electron chi connectivity index (χ1n) is 3.25. The van der Waals surface area contributed by atoms with Crippen LogP contribution in [0.15, 0.2) is 10.8 Å². The summed E-state index contributed by atoms with van der Waals surface area (Å²) < 4.78 is 58.1. The fourth-order valence-corrected chi connectivity index (χ4v) is 1.39. The Hall–Kier alpha value is 0.0600. The molecule has 0 rings (SSSR count). The zero-order valence-electron chi connectivity index (χ0n) is 7.25. The number of phosphoric acid groups is 1. The highest BCUT2D eigenvalue weighted by Crippen LogP contribution is 2.50. The zero-order valence-corrected chi connectivity index (χ0v) is 9.66. The van der Waals surface area contributed by atoms with E-state index in [0.717, 1.165) is 7.11 Å². The van der Waals surface area contributed by atoms with Crippen molar-refractivity contribution in [3.05, 3.63) is 10.8 Å². The summed E-state index contributed by atoms with van der Waals surface area (Å²) in [7, 11) is -3.46. The van der Waals surface area contributed by atoms with Crippen LogP contribution in [0.4, 0.5) is 13.2 Å². The molecule has 1 atom stereocenters. The molecule has 0 spiro atoms. The van der Waals surface area contributed by atoms with Crippen molar-refractivity contribution < 1.29 is 31.3 Å². The number of hydrogen-bond donors (Lipinski definition) is 0. The highest BCUT2D eigenvalue weighted by Gasteiger charge is 2.35. The summed E-state index contributed by atoms with van der Waals surface area (Å²) >= 11 is 10.2. The minimum atomic E-state index is -4.65. The number of hydrogen-bond acceptors (Lipinski definition) is 4. The van der Waals surface area contributed by atoms with Crippen molar-refractivity contribution in [3.63, 3.8) is 0 Å².